The first-order valence-corrected chi connectivity index (χ1v) is 8.89. The highest BCUT2D eigenvalue weighted by molar-refractivity contribution is 5.88. The molecule has 2 amide bonds. The van der Waals surface area contributed by atoms with Crippen molar-refractivity contribution in [2.75, 3.05) is 26.7 Å². The highest BCUT2D eigenvalue weighted by atomic mass is 35.5. The van der Waals surface area contributed by atoms with E-state index in [2.05, 4.69) is 10.6 Å². The standard InChI is InChI=1S/C19H27N3O2.ClH/c1-22(13-17(23)21-11-15-7-3-2-4-8-15)18(24)19-10-6-5-9-16(19)12-20-14-19;/h2-4,7-8,16,20H,5-6,9-14H2,1H3,(H,21,23);1H/t16-,19+;/m0./s1. The van der Waals surface area contributed by atoms with Crippen molar-refractivity contribution in [2.45, 2.75) is 32.2 Å². The van der Waals surface area contributed by atoms with Crippen LogP contribution in [0.25, 0.3) is 0 Å². The topological polar surface area (TPSA) is 61.4 Å². The van der Waals surface area contributed by atoms with Crippen molar-refractivity contribution < 1.29 is 9.59 Å². The molecule has 0 aromatic heterocycles. The van der Waals surface area contributed by atoms with Gasteiger partial charge in [0.2, 0.25) is 11.8 Å². The second kappa shape index (κ2) is 8.68. The van der Waals surface area contributed by atoms with E-state index in [0.29, 0.717) is 12.5 Å². The molecule has 2 fully saturated rings. The fourth-order valence-corrected chi connectivity index (χ4v) is 4.19. The Kier molecular flexibility index (Phi) is 6.85. The first-order valence-electron chi connectivity index (χ1n) is 8.89. The number of fused-ring (bicyclic) bond motifs is 1. The highest BCUT2D eigenvalue weighted by Crippen LogP contribution is 2.44. The van der Waals surface area contributed by atoms with Gasteiger partial charge in [0.05, 0.1) is 12.0 Å². The Bertz CT molecular complexity index is 596. The Morgan fingerprint density at radius 1 is 1.28 bits per heavy atom. The highest BCUT2D eigenvalue weighted by Gasteiger charge is 2.50. The van der Waals surface area contributed by atoms with Crippen LogP contribution in [-0.2, 0) is 16.1 Å². The molecule has 0 bridgehead atoms. The Morgan fingerprint density at radius 2 is 2.04 bits per heavy atom. The summed E-state index contributed by atoms with van der Waals surface area (Å²) in [5, 5.41) is 6.29. The SMILES string of the molecule is CN(CC(=O)NCc1ccccc1)C(=O)[C@@]12CCCC[C@H]1CNC2.Cl. The lowest BCUT2D eigenvalue weighted by molar-refractivity contribution is -0.146. The van der Waals surface area contributed by atoms with Crippen molar-refractivity contribution in [2.24, 2.45) is 11.3 Å². The number of rotatable bonds is 5. The average molecular weight is 366 g/mol. The Hall–Kier alpha value is -1.59. The molecule has 138 valence electrons. The second-order valence-electron chi connectivity index (χ2n) is 7.15. The summed E-state index contributed by atoms with van der Waals surface area (Å²) in [4.78, 5) is 26.8. The zero-order valence-corrected chi connectivity index (χ0v) is 15.6. The second-order valence-corrected chi connectivity index (χ2v) is 7.15. The number of amides is 2. The summed E-state index contributed by atoms with van der Waals surface area (Å²) >= 11 is 0. The third-order valence-electron chi connectivity index (χ3n) is 5.52. The number of benzene rings is 1. The Balaban J connectivity index is 0.00000225. The molecule has 0 radical (unpaired) electrons. The zero-order chi connectivity index (χ0) is 17.0. The minimum Gasteiger partial charge on any atom is -0.350 e. The van der Waals surface area contributed by atoms with E-state index >= 15 is 0 Å². The Labute approximate surface area is 155 Å². The molecule has 1 aromatic carbocycles. The average Bonchev–Trinajstić information content (AvgIpc) is 3.05. The van der Waals surface area contributed by atoms with Crippen LogP contribution in [0.5, 0.6) is 0 Å². The van der Waals surface area contributed by atoms with Crippen LogP contribution in [0.3, 0.4) is 0 Å². The molecular formula is C19H28ClN3O2. The minimum absolute atomic E-state index is 0. The molecule has 3 rings (SSSR count). The lowest BCUT2D eigenvalue weighted by Gasteiger charge is -2.39. The molecule has 2 N–H and O–H groups in total. The summed E-state index contributed by atoms with van der Waals surface area (Å²) < 4.78 is 0. The molecular weight excluding hydrogens is 338 g/mol. The van der Waals surface area contributed by atoms with Gasteiger partial charge in [-0.05, 0) is 30.9 Å². The fraction of sp³-hybridized carbons (Fsp3) is 0.579. The molecule has 0 spiro atoms. The maximum absolute atomic E-state index is 13.0. The lowest BCUT2D eigenvalue weighted by atomic mass is 9.67. The van der Waals surface area contributed by atoms with Crippen LogP contribution in [0.2, 0.25) is 0 Å². The molecule has 1 aliphatic carbocycles. The number of hydrogen-bond acceptors (Lipinski definition) is 3. The number of carbonyl (C=O) groups excluding carboxylic acids is 2. The maximum Gasteiger partial charge on any atom is 0.239 e. The number of nitrogens with one attached hydrogen (secondary N) is 2. The quantitative estimate of drug-likeness (QED) is 0.838. The van der Waals surface area contributed by atoms with E-state index in [1.807, 2.05) is 30.3 Å². The molecule has 0 unspecified atom stereocenters. The van der Waals surface area contributed by atoms with E-state index in [1.54, 1.807) is 11.9 Å². The number of nitrogens with zero attached hydrogens (tertiary/aromatic N) is 1. The van der Waals surface area contributed by atoms with Crippen LogP contribution in [0.15, 0.2) is 30.3 Å². The van der Waals surface area contributed by atoms with Crippen molar-refractivity contribution in [1.29, 1.82) is 0 Å². The van der Waals surface area contributed by atoms with Gasteiger partial charge in [0.1, 0.15) is 0 Å². The monoisotopic (exact) mass is 365 g/mol. The molecule has 1 saturated carbocycles. The molecule has 1 aromatic rings. The summed E-state index contributed by atoms with van der Waals surface area (Å²) in [5.41, 5.74) is 0.776. The fourth-order valence-electron chi connectivity index (χ4n) is 4.19. The molecule has 1 aliphatic heterocycles. The maximum atomic E-state index is 13.0. The van der Waals surface area contributed by atoms with Crippen molar-refractivity contribution in [3.05, 3.63) is 35.9 Å². The molecule has 5 nitrogen and oxygen atoms in total. The molecule has 1 heterocycles. The van der Waals surface area contributed by atoms with Crippen molar-refractivity contribution in [3.63, 3.8) is 0 Å². The summed E-state index contributed by atoms with van der Waals surface area (Å²) in [6.45, 7) is 2.31. The van der Waals surface area contributed by atoms with Gasteiger partial charge in [-0.1, -0.05) is 43.2 Å². The Morgan fingerprint density at radius 3 is 2.80 bits per heavy atom. The summed E-state index contributed by atoms with van der Waals surface area (Å²) in [5.74, 6) is 0.449. The first-order chi connectivity index (χ1) is 11.6. The van der Waals surface area contributed by atoms with Crippen molar-refractivity contribution in [3.8, 4) is 0 Å². The first kappa shape index (κ1) is 19.7. The van der Waals surface area contributed by atoms with Crippen LogP contribution in [-0.4, -0.2) is 43.4 Å². The molecule has 6 heteroatoms. The zero-order valence-electron chi connectivity index (χ0n) is 14.8. The van der Waals surface area contributed by atoms with Gasteiger partial charge >= 0.3 is 0 Å². The van der Waals surface area contributed by atoms with E-state index in [1.165, 1.54) is 6.42 Å². The van der Waals surface area contributed by atoms with E-state index < -0.39 is 0 Å². The molecule has 1 saturated heterocycles. The van der Waals surface area contributed by atoms with Gasteiger partial charge in [0.25, 0.3) is 0 Å². The summed E-state index contributed by atoms with van der Waals surface area (Å²) in [7, 11) is 1.75. The van der Waals surface area contributed by atoms with Gasteiger partial charge in [0, 0.05) is 20.1 Å². The predicted molar refractivity (Wildman–Crippen MR) is 100 cm³/mol. The van der Waals surface area contributed by atoms with E-state index in [9.17, 15) is 9.59 Å². The van der Waals surface area contributed by atoms with Crippen molar-refractivity contribution in [1.82, 2.24) is 15.5 Å². The van der Waals surface area contributed by atoms with E-state index in [4.69, 9.17) is 0 Å². The third-order valence-corrected chi connectivity index (χ3v) is 5.52. The normalized spacial score (nSPS) is 24.8. The summed E-state index contributed by atoms with van der Waals surface area (Å²) in [6.07, 6.45) is 4.38. The molecule has 2 atom stereocenters. The summed E-state index contributed by atoms with van der Waals surface area (Å²) in [6, 6.07) is 9.81. The van der Waals surface area contributed by atoms with Crippen LogP contribution in [0.1, 0.15) is 31.2 Å². The number of halogens is 1. The van der Waals surface area contributed by atoms with Crippen LogP contribution in [0.4, 0.5) is 0 Å². The number of hydrogen-bond donors (Lipinski definition) is 2. The third kappa shape index (κ3) is 4.33. The molecule has 25 heavy (non-hydrogen) atoms. The largest absolute Gasteiger partial charge is 0.350 e. The van der Waals surface area contributed by atoms with Gasteiger partial charge in [-0.15, -0.1) is 12.4 Å². The van der Waals surface area contributed by atoms with Crippen LogP contribution < -0.4 is 10.6 Å². The van der Waals surface area contributed by atoms with Gasteiger partial charge in [-0.2, -0.15) is 0 Å². The van der Waals surface area contributed by atoms with Gasteiger partial charge < -0.3 is 15.5 Å². The van der Waals surface area contributed by atoms with E-state index in [0.717, 1.165) is 37.9 Å². The predicted octanol–water partition coefficient (Wildman–Crippen LogP) is 1.96. The smallest absolute Gasteiger partial charge is 0.239 e. The lowest BCUT2D eigenvalue weighted by Crippen LogP contribution is -2.50. The van der Waals surface area contributed by atoms with Gasteiger partial charge in [-0.3, -0.25) is 9.59 Å². The minimum atomic E-state index is -0.285. The number of likely N-dealkylation sites (N-methyl/N-ethyl adjacent to an activating group) is 1. The van der Waals surface area contributed by atoms with Crippen molar-refractivity contribution >= 4 is 24.2 Å². The number of carbonyl (C=O) groups is 2. The van der Waals surface area contributed by atoms with Gasteiger partial charge in [-0.25, -0.2) is 0 Å². The van der Waals surface area contributed by atoms with Crippen LogP contribution >= 0.6 is 12.4 Å². The van der Waals surface area contributed by atoms with Gasteiger partial charge in [0.15, 0.2) is 0 Å². The molecule has 2 aliphatic rings. The van der Waals surface area contributed by atoms with E-state index in [-0.39, 0.29) is 36.2 Å². The van der Waals surface area contributed by atoms with Crippen LogP contribution in [0, 0.1) is 11.3 Å².